The molecular weight excluding hydrogens is 426 g/mol. The third-order valence-corrected chi connectivity index (χ3v) is 8.60. The van der Waals surface area contributed by atoms with E-state index in [2.05, 4.69) is 39.9 Å². The second-order valence-electron chi connectivity index (χ2n) is 9.11. The summed E-state index contributed by atoms with van der Waals surface area (Å²) in [7, 11) is -2.43. The van der Waals surface area contributed by atoms with E-state index in [9.17, 15) is 8.42 Å². The van der Waals surface area contributed by atoms with Gasteiger partial charge in [-0.3, -0.25) is 4.72 Å². The zero-order valence-electron chi connectivity index (χ0n) is 18.1. The Bertz CT molecular complexity index is 1330. The van der Waals surface area contributed by atoms with Gasteiger partial charge >= 0.3 is 0 Å². The molecule has 0 unspecified atom stereocenters. The SMILES string of the molecule is COc1ccccc1S(=O)(=O)Nc1noc2c1CC1(CC1)c1ccc(N3CC[C@H]3C)cc1-2. The summed E-state index contributed by atoms with van der Waals surface area (Å²) in [6.07, 6.45) is 4.09. The Morgan fingerprint density at radius 1 is 1.22 bits per heavy atom. The Morgan fingerprint density at radius 2 is 2.03 bits per heavy atom. The van der Waals surface area contributed by atoms with Crippen LogP contribution in [-0.4, -0.2) is 33.3 Å². The molecule has 166 valence electrons. The van der Waals surface area contributed by atoms with Gasteiger partial charge in [-0.15, -0.1) is 0 Å². The molecule has 32 heavy (non-hydrogen) atoms. The first-order valence-corrected chi connectivity index (χ1v) is 12.5. The van der Waals surface area contributed by atoms with Crippen LogP contribution in [0.2, 0.25) is 0 Å². The quantitative estimate of drug-likeness (QED) is 0.621. The van der Waals surface area contributed by atoms with E-state index in [1.807, 2.05) is 0 Å². The first-order valence-electron chi connectivity index (χ1n) is 11.0. The lowest BCUT2D eigenvalue weighted by Crippen LogP contribution is -2.45. The average molecular weight is 452 g/mol. The van der Waals surface area contributed by atoms with Crippen LogP contribution in [0.4, 0.5) is 11.5 Å². The van der Waals surface area contributed by atoms with Gasteiger partial charge in [0.15, 0.2) is 11.6 Å². The standard InChI is InChI=1S/C24H25N3O4S/c1-15-9-12-27(15)16-7-8-19-17(13-16)22-18(14-24(19)10-11-24)23(25-31-22)26-32(28,29)21-6-4-3-5-20(21)30-2/h3-8,13,15H,9-12,14H2,1-2H3,(H,25,26)/t15-/m1/s1. The van der Waals surface area contributed by atoms with Crippen molar-refractivity contribution in [2.45, 2.75) is 49.0 Å². The number of anilines is 2. The highest BCUT2D eigenvalue weighted by atomic mass is 32.2. The number of ether oxygens (including phenoxy) is 1. The number of benzene rings is 2. The van der Waals surface area contributed by atoms with Crippen LogP contribution in [0.1, 0.15) is 37.3 Å². The number of para-hydroxylation sites is 1. The van der Waals surface area contributed by atoms with Gasteiger partial charge in [-0.25, -0.2) is 8.42 Å². The molecular formula is C24H25N3O4S. The zero-order valence-corrected chi connectivity index (χ0v) is 18.9. The van der Waals surface area contributed by atoms with Crippen molar-refractivity contribution in [1.82, 2.24) is 5.16 Å². The van der Waals surface area contributed by atoms with Gasteiger partial charge < -0.3 is 14.2 Å². The van der Waals surface area contributed by atoms with Crippen LogP contribution in [0.15, 0.2) is 51.9 Å². The van der Waals surface area contributed by atoms with E-state index in [0.717, 1.165) is 36.9 Å². The second-order valence-corrected chi connectivity index (χ2v) is 10.8. The van der Waals surface area contributed by atoms with Gasteiger partial charge in [0.1, 0.15) is 10.6 Å². The summed E-state index contributed by atoms with van der Waals surface area (Å²) >= 11 is 0. The van der Waals surface area contributed by atoms with Crippen LogP contribution < -0.4 is 14.4 Å². The van der Waals surface area contributed by atoms with Crippen LogP contribution in [0, 0.1) is 0 Å². The van der Waals surface area contributed by atoms with Crippen LogP contribution in [-0.2, 0) is 21.9 Å². The molecule has 0 amide bonds. The van der Waals surface area contributed by atoms with Crippen molar-refractivity contribution in [3.05, 3.63) is 53.6 Å². The molecule has 1 saturated carbocycles. The van der Waals surface area contributed by atoms with Crippen LogP contribution >= 0.6 is 0 Å². The number of rotatable bonds is 5. The molecule has 1 saturated heterocycles. The number of aromatic nitrogens is 1. The zero-order chi connectivity index (χ0) is 22.1. The lowest BCUT2D eigenvalue weighted by Gasteiger charge is -2.41. The first kappa shape index (κ1) is 19.7. The highest BCUT2D eigenvalue weighted by molar-refractivity contribution is 7.92. The second kappa shape index (κ2) is 6.75. The van der Waals surface area contributed by atoms with Crippen LogP contribution in [0.5, 0.6) is 5.75 Å². The normalized spacial score (nSPS) is 20.3. The van der Waals surface area contributed by atoms with Gasteiger partial charge in [0.2, 0.25) is 0 Å². The van der Waals surface area contributed by atoms with Crippen molar-refractivity contribution in [3.8, 4) is 17.1 Å². The molecule has 1 N–H and O–H groups in total. The third kappa shape index (κ3) is 2.85. The monoisotopic (exact) mass is 451 g/mol. The fraction of sp³-hybridized carbons (Fsp3) is 0.375. The first-order chi connectivity index (χ1) is 15.4. The van der Waals surface area contributed by atoms with Gasteiger partial charge in [0.05, 0.1) is 7.11 Å². The number of sulfonamides is 1. The molecule has 3 aromatic rings. The molecule has 2 heterocycles. The third-order valence-electron chi connectivity index (χ3n) is 7.22. The fourth-order valence-corrected chi connectivity index (χ4v) is 6.28. The summed E-state index contributed by atoms with van der Waals surface area (Å²) in [4.78, 5) is 2.46. The molecule has 6 rings (SSSR count). The molecule has 2 fully saturated rings. The summed E-state index contributed by atoms with van der Waals surface area (Å²) in [6.45, 7) is 3.29. The van der Waals surface area contributed by atoms with Crippen LogP contribution in [0.25, 0.3) is 11.3 Å². The Kier molecular flexibility index (Phi) is 4.15. The van der Waals surface area contributed by atoms with Gasteiger partial charge in [-0.05, 0) is 62.4 Å². The van der Waals surface area contributed by atoms with E-state index in [0.29, 0.717) is 11.8 Å². The molecule has 2 aromatic carbocycles. The molecule has 0 bridgehead atoms. The highest BCUT2D eigenvalue weighted by Crippen LogP contribution is 2.59. The maximum Gasteiger partial charge on any atom is 0.266 e. The minimum absolute atomic E-state index is 0.0532. The van der Waals surface area contributed by atoms with E-state index in [4.69, 9.17) is 9.26 Å². The molecule has 7 nitrogen and oxygen atoms in total. The summed E-state index contributed by atoms with van der Waals surface area (Å²) in [6, 6.07) is 13.7. The predicted molar refractivity (Wildman–Crippen MR) is 122 cm³/mol. The maximum absolute atomic E-state index is 13.1. The van der Waals surface area contributed by atoms with Crippen molar-refractivity contribution < 1.29 is 17.7 Å². The summed E-state index contributed by atoms with van der Waals surface area (Å²) in [5.41, 5.74) is 4.39. The molecule has 0 radical (unpaired) electrons. The molecule has 8 heteroatoms. The topological polar surface area (TPSA) is 84.7 Å². The van der Waals surface area contributed by atoms with E-state index >= 15 is 0 Å². The minimum atomic E-state index is -3.88. The molecule has 2 aliphatic carbocycles. The Morgan fingerprint density at radius 3 is 2.72 bits per heavy atom. The molecule has 3 aliphatic rings. The lowest BCUT2D eigenvalue weighted by atomic mass is 9.79. The van der Waals surface area contributed by atoms with Gasteiger partial charge in [0, 0.05) is 34.8 Å². The number of methoxy groups -OCH3 is 1. The summed E-state index contributed by atoms with van der Waals surface area (Å²) in [5.74, 6) is 1.23. The van der Waals surface area contributed by atoms with E-state index < -0.39 is 10.0 Å². The Balaban J connectivity index is 1.41. The van der Waals surface area contributed by atoms with Crippen LogP contribution in [0.3, 0.4) is 0 Å². The van der Waals surface area contributed by atoms with Crippen molar-refractivity contribution in [3.63, 3.8) is 0 Å². The van der Waals surface area contributed by atoms with Gasteiger partial charge in [-0.1, -0.05) is 23.4 Å². The lowest BCUT2D eigenvalue weighted by molar-refractivity contribution is 0.403. The largest absolute Gasteiger partial charge is 0.495 e. The number of hydrogen-bond donors (Lipinski definition) is 1. The number of hydrogen-bond acceptors (Lipinski definition) is 6. The summed E-state index contributed by atoms with van der Waals surface area (Å²) < 4.78 is 39.9. The molecule has 1 spiro atoms. The smallest absolute Gasteiger partial charge is 0.266 e. The van der Waals surface area contributed by atoms with E-state index in [1.54, 1.807) is 18.2 Å². The number of fused-ring (bicyclic) bond motifs is 4. The molecule has 1 aliphatic heterocycles. The number of nitrogens with one attached hydrogen (secondary N) is 1. The van der Waals surface area contributed by atoms with E-state index in [-0.39, 0.29) is 21.9 Å². The molecule has 1 atom stereocenters. The van der Waals surface area contributed by atoms with Crippen molar-refractivity contribution in [2.24, 2.45) is 0 Å². The van der Waals surface area contributed by atoms with Crippen molar-refractivity contribution in [1.29, 1.82) is 0 Å². The maximum atomic E-state index is 13.1. The minimum Gasteiger partial charge on any atom is -0.495 e. The average Bonchev–Trinajstić information content (AvgIpc) is 3.45. The predicted octanol–water partition coefficient (Wildman–Crippen LogP) is 4.34. The Hall–Kier alpha value is -3.00. The van der Waals surface area contributed by atoms with Gasteiger partial charge in [0.25, 0.3) is 10.0 Å². The Labute approximate surface area is 187 Å². The molecule has 1 aromatic heterocycles. The summed E-state index contributed by atoms with van der Waals surface area (Å²) in [5, 5.41) is 4.16. The van der Waals surface area contributed by atoms with Gasteiger partial charge in [-0.2, -0.15) is 0 Å². The van der Waals surface area contributed by atoms with Crippen molar-refractivity contribution >= 4 is 21.5 Å². The fourth-order valence-electron chi connectivity index (χ4n) is 5.08. The van der Waals surface area contributed by atoms with E-state index in [1.165, 1.54) is 30.8 Å². The number of nitrogens with zero attached hydrogens (tertiary/aromatic N) is 2. The highest BCUT2D eigenvalue weighted by Gasteiger charge is 2.50. The van der Waals surface area contributed by atoms with Crippen molar-refractivity contribution in [2.75, 3.05) is 23.3 Å².